The lowest BCUT2D eigenvalue weighted by Crippen LogP contribution is -2.45. The Balaban J connectivity index is 2.01. The summed E-state index contributed by atoms with van der Waals surface area (Å²) in [6, 6.07) is 20.0. The molecule has 1 unspecified atom stereocenters. The Bertz CT molecular complexity index is 569. The molecule has 3 rings (SSSR count). The van der Waals surface area contributed by atoms with Crippen LogP contribution in [0.15, 0.2) is 60.7 Å². The number of benzene rings is 2. The molecule has 0 radical (unpaired) electrons. The van der Waals surface area contributed by atoms with Crippen LogP contribution >= 0.6 is 0 Å². The van der Waals surface area contributed by atoms with Gasteiger partial charge in [0.1, 0.15) is 5.60 Å². The van der Waals surface area contributed by atoms with Crippen LogP contribution in [0.3, 0.4) is 0 Å². The number of aliphatic hydroxyl groups is 1. The van der Waals surface area contributed by atoms with Crippen molar-refractivity contribution in [2.24, 2.45) is 5.92 Å². The van der Waals surface area contributed by atoms with Crippen LogP contribution in [-0.2, 0) is 10.3 Å². The van der Waals surface area contributed by atoms with Crippen molar-refractivity contribution in [3.05, 3.63) is 71.8 Å². The van der Waals surface area contributed by atoms with Crippen molar-refractivity contribution in [3.8, 4) is 0 Å². The maximum atomic E-state index is 11.9. The Kier molecular flexibility index (Phi) is 5.67. The molecular formula is C21H27NO2. The third-order valence-electron chi connectivity index (χ3n) is 5.06. The summed E-state index contributed by atoms with van der Waals surface area (Å²) in [6.45, 7) is 3.59. The van der Waals surface area contributed by atoms with Crippen LogP contribution in [0.25, 0.3) is 0 Å². The normalized spacial score (nSPS) is 17.1. The monoisotopic (exact) mass is 325 g/mol. The van der Waals surface area contributed by atoms with Crippen LogP contribution in [0.1, 0.15) is 24.0 Å². The van der Waals surface area contributed by atoms with Gasteiger partial charge < -0.3 is 14.7 Å². The van der Waals surface area contributed by atoms with E-state index in [4.69, 9.17) is 4.74 Å². The number of hydrogen-bond acceptors (Lipinski definition) is 3. The Morgan fingerprint density at radius 3 is 1.92 bits per heavy atom. The molecule has 0 aliphatic carbocycles. The molecule has 1 fully saturated rings. The highest BCUT2D eigenvalue weighted by atomic mass is 16.5. The predicted molar refractivity (Wildman–Crippen MR) is 96.9 cm³/mol. The number of likely N-dealkylation sites (tertiary alicyclic amines) is 1. The summed E-state index contributed by atoms with van der Waals surface area (Å²) in [7, 11) is 1.72. The van der Waals surface area contributed by atoms with E-state index in [1.54, 1.807) is 7.11 Å². The first-order valence-electron chi connectivity index (χ1n) is 8.80. The fourth-order valence-corrected chi connectivity index (χ4v) is 3.81. The van der Waals surface area contributed by atoms with Gasteiger partial charge in [0.25, 0.3) is 0 Å². The van der Waals surface area contributed by atoms with Crippen LogP contribution in [-0.4, -0.2) is 43.4 Å². The minimum atomic E-state index is -1.05. The Morgan fingerprint density at radius 2 is 1.46 bits per heavy atom. The molecule has 0 amide bonds. The van der Waals surface area contributed by atoms with Crippen molar-refractivity contribution >= 4 is 0 Å². The van der Waals surface area contributed by atoms with E-state index < -0.39 is 5.60 Å². The Hall–Kier alpha value is -1.68. The molecule has 1 aliphatic rings. The zero-order valence-corrected chi connectivity index (χ0v) is 14.4. The standard InChI is InChI=1S/C21H27NO2/c1-24-17-20(16-22-14-8-9-15-22)21(23,18-10-4-2-5-11-18)19-12-6-3-7-13-19/h2-7,10-13,20,23H,8-9,14-17H2,1H3. The van der Waals surface area contributed by atoms with Crippen LogP contribution in [0, 0.1) is 5.92 Å². The summed E-state index contributed by atoms with van der Waals surface area (Å²) in [4.78, 5) is 2.44. The zero-order valence-electron chi connectivity index (χ0n) is 14.4. The van der Waals surface area contributed by atoms with Gasteiger partial charge in [0, 0.05) is 19.6 Å². The van der Waals surface area contributed by atoms with E-state index in [2.05, 4.69) is 4.90 Å². The van der Waals surface area contributed by atoms with Crippen molar-refractivity contribution in [2.45, 2.75) is 18.4 Å². The second kappa shape index (κ2) is 7.93. The minimum absolute atomic E-state index is 0.0228. The summed E-state index contributed by atoms with van der Waals surface area (Å²) >= 11 is 0. The number of ether oxygens (including phenoxy) is 1. The van der Waals surface area contributed by atoms with E-state index in [-0.39, 0.29) is 5.92 Å². The quantitative estimate of drug-likeness (QED) is 0.848. The highest BCUT2D eigenvalue weighted by Crippen LogP contribution is 2.38. The topological polar surface area (TPSA) is 32.7 Å². The SMILES string of the molecule is COCC(CN1CCCC1)C(O)(c1ccccc1)c1ccccc1. The number of rotatable bonds is 7. The van der Waals surface area contributed by atoms with Gasteiger partial charge in [-0.1, -0.05) is 60.7 Å². The fraction of sp³-hybridized carbons (Fsp3) is 0.429. The summed E-state index contributed by atoms with van der Waals surface area (Å²) in [5, 5.41) is 11.9. The third kappa shape index (κ3) is 3.54. The predicted octanol–water partition coefficient (Wildman–Crippen LogP) is 3.28. The Labute approximate surface area is 144 Å². The second-order valence-corrected chi connectivity index (χ2v) is 6.66. The summed E-state index contributed by atoms with van der Waals surface area (Å²) in [5.74, 6) is -0.0228. The van der Waals surface area contributed by atoms with E-state index >= 15 is 0 Å². The molecule has 1 aliphatic heterocycles. The fourth-order valence-electron chi connectivity index (χ4n) is 3.81. The summed E-state index contributed by atoms with van der Waals surface area (Å²) in [5.41, 5.74) is 0.802. The van der Waals surface area contributed by atoms with Crippen molar-refractivity contribution in [2.75, 3.05) is 33.4 Å². The van der Waals surface area contributed by atoms with Crippen LogP contribution in [0.4, 0.5) is 0 Å². The third-order valence-corrected chi connectivity index (χ3v) is 5.06. The largest absolute Gasteiger partial charge is 0.384 e. The van der Waals surface area contributed by atoms with Crippen LogP contribution < -0.4 is 0 Å². The molecule has 3 heteroatoms. The molecule has 1 atom stereocenters. The lowest BCUT2D eigenvalue weighted by molar-refractivity contribution is -0.0323. The van der Waals surface area contributed by atoms with Crippen molar-refractivity contribution in [1.82, 2.24) is 4.90 Å². The first-order chi connectivity index (χ1) is 11.7. The number of nitrogens with zero attached hydrogens (tertiary/aromatic N) is 1. The first-order valence-corrected chi connectivity index (χ1v) is 8.80. The molecule has 2 aromatic carbocycles. The maximum absolute atomic E-state index is 11.9. The molecule has 0 saturated carbocycles. The molecule has 0 bridgehead atoms. The van der Waals surface area contributed by atoms with Crippen molar-refractivity contribution in [3.63, 3.8) is 0 Å². The lowest BCUT2D eigenvalue weighted by atomic mass is 9.76. The van der Waals surface area contributed by atoms with E-state index in [9.17, 15) is 5.11 Å². The highest BCUT2D eigenvalue weighted by Gasteiger charge is 2.41. The van der Waals surface area contributed by atoms with Gasteiger partial charge in [0.15, 0.2) is 0 Å². The molecule has 1 N–H and O–H groups in total. The lowest BCUT2D eigenvalue weighted by Gasteiger charge is -2.39. The average Bonchev–Trinajstić information content (AvgIpc) is 3.15. The van der Waals surface area contributed by atoms with Crippen molar-refractivity contribution < 1.29 is 9.84 Å². The van der Waals surface area contributed by atoms with Gasteiger partial charge in [-0.05, 0) is 37.1 Å². The van der Waals surface area contributed by atoms with Gasteiger partial charge in [0.2, 0.25) is 0 Å². The zero-order chi connectivity index (χ0) is 16.8. The smallest absolute Gasteiger partial charge is 0.121 e. The molecule has 0 aromatic heterocycles. The van der Waals surface area contributed by atoms with Gasteiger partial charge in [-0.15, -0.1) is 0 Å². The molecule has 1 saturated heterocycles. The van der Waals surface area contributed by atoms with Gasteiger partial charge in [0.05, 0.1) is 6.61 Å². The van der Waals surface area contributed by atoms with E-state index in [1.807, 2.05) is 60.7 Å². The maximum Gasteiger partial charge on any atom is 0.121 e. The molecule has 128 valence electrons. The van der Waals surface area contributed by atoms with E-state index in [0.717, 1.165) is 30.8 Å². The molecule has 3 nitrogen and oxygen atoms in total. The van der Waals surface area contributed by atoms with E-state index in [1.165, 1.54) is 12.8 Å². The van der Waals surface area contributed by atoms with Gasteiger partial charge in [-0.25, -0.2) is 0 Å². The molecule has 24 heavy (non-hydrogen) atoms. The molecule has 0 spiro atoms. The number of hydrogen-bond donors (Lipinski definition) is 1. The van der Waals surface area contributed by atoms with Gasteiger partial charge >= 0.3 is 0 Å². The Morgan fingerprint density at radius 1 is 0.958 bits per heavy atom. The van der Waals surface area contributed by atoms with Gasteiger partial charge in [-0.2, -0.15) is 0 Å². The minimum Gasteiger partial charge on any atom is -0.384 e. The molecular weight excluding hydrogens is 298 g/mol. The van der Waals surface area contributed by atoms with Gasteiger partial charge in [-0.3, -0.25) is 0 Å². The average molecular weight is 325 g/mol. The van der Waals surface area contributed by atoms with Crippen LogP contribution in [0.5, 0.6) is 0 Å². The highest BCUT2D eigenvalue weighted by molar-refractivity contribution is 5.37. The van der Waals surface area contributed by atoms with Crippen LogP contribution in [0.2, 0.25) is 0 Å². The summed E-state index contributed by atoms with van der Waals surface area (Å²) in [6.07, 6.45) is 2.49. The summed E-state index contributed by atoms with van der Waals surface area (Å²) < 4.78 is 5.52. The van der Waals surface area contributed by atoms with Crippen molar-refractivity contribution in [1.29, 1.82) is 0 Å². The molecule has 2 aromatic rings. The number of methoxy groups -OCH3 is 1. The molecule has 1 heterocycles. The first kappa shape index (κ1) is 17.2. The van der Waals surface area contributed by atoms with E-state index in [0.29, 0.717) is 6.61 Å². The second-order valence-electron chi connectivity index (χ2n) is 6.66.